The fraction of sp³-hybridized carbons (Fsp3) is 0.600. The summed E-state index contributed by atoms with van der Waals surface area (Å²) in [6.45, 7) is -3.21. The minimum Gasteiger partial charge on any atom is -0.392 e. The summed E-state index contributed by atoms with van der Waals surface area (Å²) in [5.41, 5.74) is 1.83. The number of hydrogen-bond acceptors (Lipinski definition) is 5. The minimum atomic E-state index is -3.61. The molecule has 2 unspecified atom stereocenters. The molecule has 0 radical (unpaired) electrons. The van der Waals surface area contributed by atoms with Crippen LogP contribution in [0.5, 0.6) is 0 Å². The van der Waals surface area contributed by atoms with Crippen LogP contribution in [-0.2, 0) is 34.3 Å². The molecule has 5 nitrogen and oxygen atoms in total. The number of aliphatic hydroxyl groups excluding tert-OH is 1. The Labute approximate surface area is 114 Å². The van der Waals surface area contributed by atoms with Crippen LogP contribution in [0, 0.1) is 0 Å². The van der Waals surface area contributed by atoms with Crippen molar-refractivity contribution in [1.82, 2.24) is 0 Å². The van der Waals surface area contributed by atoms with Gasteiger partial charge in [-0.15, -0.1) is 0 Å². The first-order chi connectivity index (χ1) is 8.49. The second-order valence-electron chi connectivity index (χ2n) is 4.14. The van der Waals surface area contributed by atoms with Crippen molar-refractivity contribution < 1.29 is 24.2 Å². The predicted octanol–water partition coefficient (Wildman–Crippen LogP) is 1.51. The van der Waals surface area contributed by atoms with Crippen molar-refractivity contribution >= 4 is 29.9 Å². The lowest BCUT2D eigenvalue weighted by molar-refractivity contribution is -0.0948. The number of rotatable bonds is 6. The summed E-state index contributed by atoms with van der Waals surface area (Å²) in [7, 11) is 0. The monoisotopic (exact) mass is 310 g/mol. The van der Waals surface area contributed by atoms with E-state index in [9.17, 15) is 0 Å². The molecule has 1 aliphatic carbocycles. The third-order valence-electron chi connectivity index (χ3n) is 2.88. The van der Waals surface area contributed by atoms with Crippen molar-refractivity contribution in [2.75, 3.05) is 0 Å². The summed E-state index contributed by atoms with van der Waals surface area (Å²) in [5, 5.41) is 12.9. The molecule has 0 amide bonds. The highest BCUT2D eigenvalue weighted by Gasteiger charge is 2.36. The first kappa shape index (κ1) is 14.6. The Morgan fingerprint density at radius 1 is 1.28 bits per heavy atom. The smallest absolute Gasteiger partial charge is 0.322 e. The summed E-state index contributed by atoms with van der Waals surface area (Å²) in [6, 6.07) is 0. The molecular formula is C10H15O5PS2. The van der Waals surface area contributed by atoms with Crippen LogP contribution in [0.1, 0.15) is 24.0 Å². The number of ether oxygens (including phenoxy) is 1. The lowest BCUT2D eigenvalue weighted by Crippen LogP contribution is -2.40. The van der Waals surface area contributed by atoms with Gasteiger partial charge in [0.25, 0.3) is 0 Å². The standard InChI is InChI=1S/C10H15O5PS2/c11-3-7-5-18-6-8(7)4-14-9-1-2-10(9)15-16(12,13)17/h5-6,9-11H,1-4H2,(H2,12,13,17). The molecule has 1 aliphatic rings. The van der Waals surface area contributed by atoms with E-state index in [1.165, 1.54) is 11.3 Å². The molecule has 3 N–H and O–H groups in total. The Morgan fingerprint density at radius 2 is 1.94 bits per heavy atom. The molecule has 8 heteroatoms. The van der Waals surface area contributed by atoms with E-state index in [0.29, 0.717) is 6.61 Å². The lowest BCUT2D eigenvalue weighted by atomic mass is 9.92. The summed E-state index contributed by atoms with van der Waals surface area (Å²) in [4.78, 5) is 18.2. The highest BCUT2D eigenvalue weighted by molar-refractivity contribution is 8.06. The maximum atomic E-state index is 9.10. The highest BCUT2D eigenvalue weighted by Crippen LogP contribution is 2.43. The molecule has 102 valence electrons. The van der Waals surface area contributed by atoms with Gasteiger partial charge in [0.05, 0.1) is 25.4 Å². The zero-order chi connectivity index (χ0) is 13.2. The molecule has 0 aromatic carbocycles. The van der Waals surface area contributed by atoms with E-state index in [1.54, 1.807) is 0 Å². The van der Waals surface area contributed by atoms with Gasteiger partial charge in [-0.25, -0.2) is 0 Å². The topological polar surface area (TPSA) is 79.2 Å². The van der Waals surface area contributed by atoms with Crippen LogP contribution < -0.4 is 0 Å². The van der Waals surface area contributed by atoms with Crippen molar-refractivity contribution in [3.05, 3.63) is 21.9 Å². The van der Waals surface area contributed by atoms with Crippen molar-refractivity contribution in [3.63, 3.8) is 0 Å². The molecule has 2 rings (SSSR count). The van der Waals surface area contributed by atoms with Crippen molar-refractivity contribution in [2.45, 2.75) is 38.3 Å². The van der Waals surface area contributed by atoms with E-state index in [0.717, 1.165) is 24.0 Å². The quantitative estimate of drug-likeness (QED) is 0.691. The van der Waals surface area contributed by atoms with Gasteiger partial charge in [0, 0.05) is 0 Å². The number of hydrogen-bond donors (Lipinski definition) is 3. The molecule has 0 spiro atoms. The Hall–Kier alpha value is 0.150. The summed E-state index contributed by atoms with van der Waals surface area (Å²) < 4.78 is 10.6. The van der Waals surface area contributed by atoms with Gasteiger partial charge in [-0.1, -0.05) is 0 Å². The van der Waals surface area contributed by atoms with Gasteiger partial charge in [-0.3, -0.25) is 0 Å². The van der Waals surface area contributed by atoms with E-state index in [-0.39, 0.29) is 18.8 Å². The van der Waals surface area contributed by atoms with E-state index in [2.05, 4.69) is 11.8 Å². The molecule has 1 saturated carbocycles. The molecule has 0 bridgehead atoms. The third-order valence-corrected chi connectivity index (χ3v) is 4.52. The Kier molecular flexibility index (Phi) is 4.91. The SMILES string of the molecule is OCc1cscc1COC1CCC1OP(O)(O)=S. The van der Waals surface area contributed by atoms with Crippen molar-refractivity contribution in [1.29, 1.82) is 0 Å². The van der Waals surface area contributed by atoms with Gasteiger partial charge >= 0.3 is 6.72 Å². The Bertz CT molecular complexity index is 443. The molecule has 1 aromatic heterocycles. The van der Waals surface area contributed by atoms with Crippen LogP contribution in [0.15, 0.2) is 10.8 Å². The van der Waals surface area contributed by atoms with Crippen molar-refractivity contribution in [3.8, 4) is 0 Å². The minimum absolute atomic E-state index is 0.000864. The largest absolute Gasteiger partial charge is 0.392 e. The average molecular weight is 310 g/mol. The summed E-state index contributed by atoms with van der Waals surface area (Å²) >= 11 is 5.95. The van der Waals surface area contributed by atoms with Gasteiger partial charge in [0.15, 0.2) is 0 Å². The van der Waals surface area contributed by atoms with E-state index in [4.69, 9.17) is 24.2 Å². The predicted molar refractivity (Wildman–Crippen MR) is 71.6 cm³/mol. The second-order valence-corrected chi connectivity index (χ2v) is 7.50. The Morgan fingerprint density at radius 3 is 2.50 bits per heavy atom. The van der Waals surface area contributed by atoms with Gasteiger partial charge in [-0.2, -0.15) is 11.3 Å². The molecule has 1 heterocycles. The summed E-state index contributed by atoms with van der Waals surface area (Å²) in [5.74, 6) is 0. The number of thiophene rings is 1. The molecule has 18 heavy (non-hydrogen) atoms. The van der Waals surface area contributed by atoms with Crippen LogP contribution in [-0.4, -0.2) is 27.1 Å². The maximum absolute atomic E-state index is 9.10. The summed E-state index contributed by atoms with van der Waals surface area (Å²) in [6.07, 6.45) is 1.05. The molecular weight excluding hydrogens is 295 g/mol. The van der Waals surface area contributed by atoms with Gasteiger partial charge < -0.3 is 24.2 Å². The zero-order valence-corrected chi connectivity index (χ0v) is 12.1. The first-order valence-electron chi connectivity index (χ1n) is 5.50. The second kappa shape index (κ2) is 6.07. The lowest BCUT2D eigenvalue weighted by Gasteiger charge is -2.36. The first-order valence-corrected chi connectivity index (χ1v) is 9.07. The Balaban J connectivity index is 1.82. The molecule has 0 aliphatic heterocycles. The van der Waals surface area contributed by atoms with Crippen LogP contribution in [0.2, 0.25) is 0 Å². The average Bonchev–Trinajstić information content (AvgIpc) is 2.71. The zero-order valence-electron chi connectivity index (χ0n) is 9.56. The van der Waals surface area contributed by atoms with Crippen LogP contribution in [0.4, 0.5) is 0 Å². The highest BCUT2D eigenvalue weighted by atomic mass is 32.5. The van der Waals surface area contributed by atoms with E-state index in [1.807, 2.05) is 10.8 Å². The van der Waals surface area contributed by atoms with Crippen molar-refractivity contribution in [2.24, 2.45) is 0 Å². The fourth-order valence-corrected chi connectivity index (χ4v) is 3.51. The van der Waals surface area contributed by atoms with Crippen LogP contribution in [0.25, 0.3) is 0 Å². The third kappa shape index (κ3) is 3.82. The molecule has 1 aromatic rings. The molecule has 1 fully saturated rings. The van der Waals surface area contributed by atoms with Gasteiger partial charge in [0.1, 0.15) is 0 Å². The van der Waals surface area contributed by atoms with E-state index < -0.39 is 6.72 Å². The maximum Gasteiger partial charge on any atom is 0.322 e. The van der Waals surface area contributed by atoms with Crippen LogP contribution in [0.3, 0.4) is 0 Å². The number of aliphatic hydroxyl groups is 1. The van der Waals surface area contributed by atoms with Gasteiger partial charge in [0.2, 0.25) is 0 Å². The van der Waals surface area contributed by atoms with Gasteiger partial charge in [-0.05, 0) is 46.5 Å². The van der Waals surface area contributed by atoms with E-state index >= 15 is 0 Å². The normalized spacial score (nSPS) is 23.9. The van der Waals surface area contributed by atoms with Crippen LogP contribution >= 0.6 is 18.1 Å². The fourth-order valence-electron chi connectivity index (χ4n) is 1.74. The molecule has 0 saturated heterocycles. The molecule has 2 atom stereocenters.